The van der Waals surface area contributed by atoms with Crippen molar-refractivity contribution >= 4 is 11.8 Å². The summed E-state index contributed by atoms with van der Waals surface area (Å²) in [6.07, 6.45) is 5.64. The standard InChI is InChI=1S/C12H26N4O2/c1-3-5-7-9-15(13)11(17)12(18)16(14)10-8-6-4-2/h3-10,13-14H2,1-2H3. The third-order valence-electron chi connectivity index (χ3n) is 2.71. The predicted octanol–water partition coefficient (Wildman–Crippen LogP) is 0.771. The number of unbranched alkanes of at least 4 members (excludes halogenated alkanes) is 4. The molecule has 18 heavy (non-hydrogen) atoms. The molecule has 0 radical (unpaired) electrons. The van der Waals surface area contributed by atoms with Crippen LogP contribution in [0, 0.1) is 0 Å². The summed E-state index contributed by atoms with van der Waals surface area (Å²) < 4.78 is 0. The molecule has 0 saturated carbocycles. The number of nitrogens with two attached hydrogens (primary N) is 2. The summed E-state index contributed by atoms with van der Waals surface area (Å²) in [5, 5.41) is 1.91. The molecule has 0 aliphatic rings. The van der Waals surface area contributed by atoms with E-state index in [0.29, 0.717) is 13.1 Å². The fourth-order valence-corrected chi connectivity index (χ4v) is 1.51. The Morgan fingerprint density at radius 2 is 1.11 bits per heavy atom. The topological polar surface area (TPSA) is 92.7 Å². The van der Waals surface area contributed by atoms with Crippen LogP contribution in [-0.4, -0.2) is 34.9 Å². The molecule has 0 heterocycles. The minimum Gasteiger partial charge on any atom is -0.272 e. The van der Waals surface area contributed by atoms with Gasteiger partial charge in [-0.05, 0) is 12.8 Å². The van der Waals surface area contributed by atoms with E-state index in [1.54, 1.807) is 0 Å². The smallest absolute Gasteiger partial charge is 0.272 e. The van der Waals surface area contributed by atoms with E-state index < -0.39 is 11.8 Å². The molecule has 106 valence electrons. The first-order valence-corrected chi connectivity index (χ1v) is 6.67. The Hall–Kier alpha value is -1.14. The first-order valence-electron chi connectivity index (χ1n) is 6.67. The average Bonchev–Trinajstić information content (AvgIpc) is 2.37. The molecule has 0 aliphatic carbocycles. The quantitative estimate of drug-likeness (QED) is 0.221. The summed E-state index contributed by atoms with van der Waals surface area (Å²) in [6, 6.07) is 0. The van der Waals surface area contributed by atoms with Gasteiger partial charge in [-0.25, -0.2) is 11.7 Å². The summed E-state index contributed by atoms with van der Waals surface area (Å²) in [5.74, 6) is 9.60. The van der Waals surface area contributed by atoms with E-state index in [1.807, 2.05) is 0 Å². The molecule has 6 heteroatoms. The van der Waals surface area contributed by atoms with Gasteiger partial charge >= 0.3 is 11.8 Å². The van der Waals surface area contributed by atoms with Gasteiger partial charge in [0.25, 0.3) is 0 Å². The van der Waals surface area contributed by atoms with Gasteiger partial charge in [0.2, 0.25) is 0 Å². The highest BCUT2D eigenvalue weighted by atomic mass is 16.2. The molecule has 0 rings (SSSR count). The van der Waals surface area contributed by atoms with Crippen LogP contribution in [0.3, 0.4) is 0 Å². The van der Waals surface area contributed by atoms with Gasteiger partial charge < -0.3 is 0 Å². The Labute approximate surface area is 109 Å². The fraction of sp³-hybridized carbons (Fsp3) is 0.833. The summed E-state index contributed by atoms with van der Waals surface area (Å²) >= 11 is 0. The Bertz CT molecular complexity index is 232. The number of hydrazine groups is 2. The van der Waals surface area contributed by atoms with Crippen molar-refractivity contribution < 1.29 is 9.59 Å². The number of carbonyl (C=O) groups excluding carboxylic acids is 2. The molecule has 0 fully saturated rings. The second-order valence-electron chi connectivity index (χ2n) is 4.41. The van der Waals surface area contributed by atoms with Crippen LogP contribution in [0.4, 0.5) is 0 Å². The maximum Gasteiger partial charge on any atom is 0.327 e. The van der Waals surface area contributed by atoms with Crippen LogP contribution in [0.1, 0.15) is 52.4 Å². The van der Waals surface area contributed by atoms with E-state index in [4.69, 9.17) is 11.7 Å². The number of rotatable bonds is 8. The SMILES string of the molecule is CCCCCN(N)C(=O)C(=O)N(N)CCCCC. The zero-order valence-electron chi connectivity index (χ0n) is 11.5. The highest BCUT2D eigenvalue weighted by Gasteiger charge is 2.23. The van der Waals surface area contributed by atoms with Gasteiger partial charge in [-0.15, -0.1) is 0 Å². The monoisotopic (exact) mass is 258 g/mol. The predicted molar refractivity (Wildman–Crippen MR) is 70.9 cm³/mol. The van der Waals surface area contributed by atoms with Crippen LogP contribution >= 0.6 is 0 Å². The third kappa shape index (κ3) is 6.56. The molecule has 0 atom stereocenters. The van der Waals surface area contributed by atoms with Crippen LogP contribution in [0.5, 0.6) is 0 Å². The normalized spacial score (nSPS) is 10.2. The minimum absolute atomic E-state index is 0.390. The zero-order chi connectivity index (χ0) is 14.0. The molecule has 0 aromatic heterocycles. The van der Waals surface area contributed by atoms with Crippen molar-refractivity contribution in [2.75, 3.05) is 13.1 Å². The largest absolute Gasteiger partial charge is 0.327 e. The van der Waals surface area contributed by atoms with E-state index >= 15 is 0 Å². The van der Waals surface area contributed by atoms with Crippen molar-refractivity contribution in [3.8, 4) is 0 Å². The minimum atomic E-state index is -0.731. The molecule has 4 N–H and O–H groups in total. The maximum absolute atomic E-state index is 11.6. The van der Waals surface area contributed by atoms with Crippen molar-refractivity contribution in [1.82, 2.24) is 10.0 Å². The van der Waals surface area contributed by atoms with E-state index in [9.17, 15) is 9.59 Å². The number of nitrogens with zero attached hydrogens (tertiary/aromatic N) is 2. The molecule has 0 aromatic carbocycles. The number of amides is 2. The van der Waals surface area contributed by atoms with Gasteiger partial charge in [0.05, 0.1) is 0 Å². The molecule has 0 aliphatic heterocycles. The van der Waals surface area contributed by atoms with Crippen molar-refractivity contribution in [1.29, 1.82) is 0 Å². The molecule has 0 aromatic rings. The molecule has 0 saturated heterocycles. The van der Waals surface area contributed by atoms with Crippen LogP contribution < -0.4 is 11.7 Å². The molecular weight excluding hydrogens is 232 g/mol. The van der Waals surface area contributed by atoms with Crippen LogP contribution in [0.2, 0.25) is 0 Å². The van der Waals surface area contributed by atoms with Crippen LogP contribution in [0.25, 0.3) is 0 Å². The molecule has 0 unspecified atom stereocenters. The highest BCUT2D eigenvalue weighted by molar-refractivity contribution is 6.34. The molecule has 6 nitrogen and oxygen atoms in total. The maximum atomic E-state index is 11.6. The lowest BCUT2D eigenvalue weighted by Gasteiger charge is -2.20. The Morgan fingerprint density at radius 1 is 0.778 bits per heavy atom. The van der Waals surface area contributed by atoms with Gasteiger partial charge in [-0.3, -0.25) is 19.6 Å². The summed E-state index contributed by atoms with van der Waals surface area (Å²) in [7, 11) is 0. The van der Waals surface area contributed by atoms with Crippen LogP contribution in [-0.2, 0) is 9.59 Å². The van der Waals surface area contributed by atoms with Gasteiger partial charge in [0, 0.05) is 13.1 Å². The average molecular weight is 258 g/mol. The highest BCUT2D eigenvalue weighted by Crippen LogP contribution is 1.98. The van der Waals surface area contributed by atoms with Crippen molar-refractivity contribution in [2.24, 2.45) is 11.7 Å². The third-order valence-corrected chi connectivity index (χ3v) is 2.71. The first-order chi connectivity index (χ1) is 8.54. The Morgan fingerprint density at radius 3 is 1.39 bits per heavy atom. The van der Waals surface area contributed by atoms with Crippen LogP contribution in [0.15, 0.2) is 0 Å². The van der Waals surface area contributed by atoms with E-state index in [2.05, 4.69) is 13.8 Å². The lowest BCUT2D eigenvalue weighted by atomic mass is 10.2. The molecular formula is C12H26N4O2. The molecule has 0 bridgehead atoms. The summed E-state index contributed by atoms with van der Waals surface area (Å²) in [5.41, 5.74) is 0. The number of carbonyl (C=O) groups is 2. The van der Waals surface area contributed by atoms with Gasteiger partial charge in [0.15, 0.2) is 0 Å². The zero-order valence-corrected chi connectivity index (χ0v) is 11.5. The van der Waals surface area contributed by atoms with E-state index in [-0.39, 0.29) is 0 Å². The second kappa shape index (κ2) is 9.85. The number of hydrogen-bond donors (Lipinski definition) is 2. The molecule has 2 amide bonds. The van der Waals surface area contributed by atoms with Crippen molar-refractivity contribution in [3.05, 3.63) is 0 Å². The number of hydrogen-bond acceptors (Lipinski definition) is 4. The van der Waals surface area contributed by atoms with Gasteiger partial charge in [-0.2, -0.15) is 0 Å². The van der Waals surface area contributed by atoms with Gasteiger partial charge in [-0.1, -0.05) is 39.5 Å². The fourth-order valence-electron chi connectivity index (χ4n) is 1.51. The van der Waals surface area contributed by atoms with Crippen molar-refractivity contribution in [3.63, 3.8) is 0 Å². The lowest BCUT2D eigenvalue weighted by molar-refractivity contribution is -0.152. The van der Waals surface area contributed by atoms with E-state index in [1.165, 1.54) is 0 Å². The Kier molecular flexibility index (Phi) is 9.22. The lowest BCUT2D eigenvalue weighted by Crippen LogP contribution is -2.51. The Balaban J connectivity index is 4.02. The summed E-state index contributed by atoms with van der Waals surface area (Å²) in [6.45, 7) is 4.90. The van der Waals surface area contributed by atoms with E-state index in [0.717, 1.165) is 48.5 Å². The first kappa shape index (κ1) is 16.9. The second-order valence-corrected chi connectivity index (χ2v) is 4.41. The molecule has 0 spiro atoms. The summed E-state index contributed by atoms with van der Waals surface area (Å²) in [4.78, 5) is 23.3. The van der Waals surface area contributed by atoms with Crippen molar-refractivity contribution in [2.45, 2.75) is 52.4 Å². The van der Waals surface area contributed by atoms with Gasteiger partial charge in [0.1, 0.15) is 0 Å².